The van der Waals surface area contributed by atoms with Crippen molar-refractivity contribution in [3.63, 3.8) is 0 Å². The van der Waals surface area contributed by atoms with Crippen LogP contribution in [0.4, 0.5) is 4.48 Å². The predicted octanol–water partition coefficient (Wildman–Crippen LogP) is 1.58. The molecular weight excluding hydrogens is 159 g/mol. The number of hydrogen-bond acceptors (Lipinski definition) is 2. The second-order valence-corrected chi connectivity index (χ2v) is 2.38. The smallest absolute Gasteiger partial charge is 0.171 e. The average molecular weight is 164 g/mol. The monoisotopic (exact) mass is 164 g/mol. The van der Waals surface area contributed by atoms with E-state index in [9.17, 15) is 9.28 Å². The summed E-state index contributed by atoms with van der Waals surface area (Å²) in [7, 11) is 0. The summed E-state index contributed by atoms with van der Waals surface area (Å²) in [5.41, 5.74) is 0.452. The standard InChI is InChI=1S/C8H5FN2O/c9-11-8-4-2-1-3-6(8)7(5-12)10-11/h1-5H. The molecule has 0 aliphatic rings. The molecule has 0 saturated heterocycles. The average Bonchev–Trinajstić information content (AvgIpc) is 2.44. The minimum absolute atomic E-state index is 0.133. The normalized spacial score (nSPS) is 10.4. The quantitative estimate of drug-likeness (QED) is 0.600. The van der Waals surface area contributed by atoms with Gasteiger partial charge in [-0.15, -0.1) is 5.10 Å². The minimum Gasteiger partial charge on any atom is -0.296 e. The van der Waals surface area contributed by atoms with Crippen LogP contribution in [-0.4, -0.2) is 16.3 Å². The van der Waals surface area contributed by atoms with Crippen molar-refractivity contribution in [2.75, 3.05) is 0 Å². The van der Waals surface area contributed by atoms with Crippen molar-refractivity contribution in [3.8, 4) is 0 Å². The maximum atomic E-state index is 12.8. The van der Waals surface area contributed by atoms with Gasteiger partial charge in [0, 0.05) is 5.39 Å². The van der Waals surface area contributed by atoms with Crippen LogP contribution in [0.15, 0.2) is 24.3 Å². The van der Waals surface area contributed by atoms with Crippen molar-refractivity contribution in [2.45, 2.75) is 0 Å². The largest absolute Gasteiger partial charge is 0.296 e. The first-order chi connectivity index (χ1) is 5.83. The van der Waals surface area contributed by atoms with E-state index in [1.165, 1.54) is 0 Å². The summed E-state index contributed by atoms with van der Waals surface area (Å²) in [6, 6.07) is 6.64. The number of fused-ring (bicyclic) bond motifs is 1. The van der Waals surface area contributed by atoms with Gasteiger partial charge in [-0.05, 0) is 6.07 Å². The van der Waals surface area contributed by atoms with Crippen LogP contribution >= 0.6 is 0 Å². The Labute approximate surface area is 67.3 Å². The molecule has 2 aromatic rings. The fourth-order valence-corrected chi connectivity index (χ4v) is 1.14. The molecule has 3 nitrogen and oxygen atoms in total. The Morgan fingerprint density at radius 1 is 1.42 bits per heavy atom. The Morgan fingerprint density at radius 3 is 2.92 bits per heavy atom. The van der Waals surface area contributed by atoms with Crippen LogP contribution in [0.2, 0.25) is 0 Å². The number of aldehydes is 1. The molecule has 0 spiro atoms. The van der Waals surface area contributed by atoms with E-state index in [0.717, 1.165) is 0 Å². The number of rotatable bonds is 1. The molecule has 0 amide bonds. The highest BCUT2D eigenvalue weighted by molar-refractivity contribution is 5.94. The summed E-state index contributed by atoms with van der Waals surface area (Å²) in [5.74, 6) is 0. The molecule has 0 radical (unpaired) electrons. The zero-order valence-electron chi connectivity index (χ0n) is 6.07. The van der Waals surface area contributed by atoms with Crippen LogP contribution in [0, 0.1) is 0 Å². The van der Waals surface area contributed by atoms with Gasteiger partial charge in [-0.25, -0.2) is 0 Å². The van der Waals surface area contributed by atoms with Gasteiger partial charge in [0.15, 0.2) is 6.29 Å². The van der Waals surface area contributed by atoms with E-state index in [1.54, 1.807) is 24.3 Å². The Kier molecular flexibility index (Phi) is 1.40. The van der Waals surface area contributed by atoms with Crippen molar-refractivity contribution in [3.05, 3.63) is 30.0 Å². The van der Waals surface area contributed by atoms with Gasteiger partial charge in [-0.2, -0.15) is 0 Å². The second kappa shape index (κ2) is 2.41. The van der Waals surface area contributed by atoms with Crippen LogP contribution < -0.4 is 0 Å². The number of halogens is 1. The summed E-state index contributed by atoms with van der Waals surface area (Å²) in [4.78, 5) is 10.6. The van der Waals surface area contributed by atoms with Gasteiger partial charge in [0.1, 0.15) is 11.2 Å². The van der Waals surface area contributed by atoms with E-state index in [0.29, 0.717) is 17.2 Å². The van der Waals surface area contributed by atoms with E-state index in [1.807, 2.05) is 0 Å². The molecular formula is C8H5FN2O. The van der Waals surface area contributed by atoms with Gasteiger partial charge < -0.3 is 0 Å². The van der Waals surface area contributed by atoms with Crippen molar-refractivity contribution < 1.29 is 9.28 Å². The predicted molar refractivity (Wildman–Crippen MR) is 41.6 cm³/mol. The molecule has 60 valence electrons. The number of hydrogen-bond donors (Lipinski definition) is 0. The highest BCUT2D eigenvalue weighted by atomic mass is 19.2. The summed E-state index contributed by atoms with van der Waals surface area (Å²) in [5, 5.41) is 3.93. The van der Waals surface area contributed by atoms with Crippen molar-refractivity contribution in [1.82, 2.24) is 10.0 Å². The fraction of sp³-hybridized carbons (Fsp3) is 0. The number of nitrogens with zero attached hydrogens (tertiary/aromatic N) is 2. The lowest BCUT2D eigenvalue weighted by Crippen LogP contribution is -1.84. The lowest BCUT2D eigenvalue weighted by Gasteiger charge is -1.86. The van der Waals surface area contributed by atoms with Crippen LogP contribution in [-0.2, 0) is 0 Å². The maximum absolute atomic E-state index is 12.8. The van der Waals surface area contributed by atoms with Crippen molar-refractivity contribution in [1.29, 1.82) is 0 Å². The molecule has 1 aromatic carbocycles. The van der Waals surface area contributed by atoms with Gasteiger partial charge in [0.25, 0.3) is 0 Å². The molecule has 0 unspecified atom stereocenters. The van der Waals surface area contributed by atoms with E-state index >= 15 is 0 Å². The number of benzene rings is 1. The van der Waals surface area contributed by atoms with Crippen molar-refractivity contribution in [2.24, 2.45) is 0 Å². The topological polar surface area (TPSA) is 34.9 Å². The molecule has 0 saturated carbocycles. The Hall–Kier alpha value is -1.71. The highest BCUT2D eigenvalue weighted by Gasteiger charge is 2.07. The summed E-state index contributed by atoms with van der Waals surface area (Å²) >= 11 is 0. The SMILES string of the molecule is O=Cc1nn(F)c2ccccc12. The zero-order chi connectivity index (χ0) is 8.55. The number of aromatic nitrogens is 2. The zero-order valence-corrected chi connectivity index (χ0v) is 6.07. The van der Waals surface area contributed by atoms with Crippen LogP contribution in [0.1, 0.15) is 10.5 Å². The molecule has 0 N–H and O–H groups in total. The van der Waals surface area contributed by atoms with Gasteiger partial charge in [0.2, 0.25) is 0 Å². The molecule has 2 rings (SSSR count). The lowest BCUT2D eigenvalue weighted by molar-refractivity contribution is 0.111. The molecule has 0 aliphatic carbocycles. The van der Waals surface area contributed by atoms with Gasteiger partial charge in [-0.1, -0.05) is 27.6 Å². The fourth-order valence-electron chi connectivity index (χ4n) is 1.14. The first kappa shape index (κ1) is 6.97. The first-order valence-electron chi connectivity index (χ1n) is 3.42. The third-order valence-corrected chi connectivity index (χ3v) is 1.69. The van der Waals surface area contributed by atoms with Crippen LogP contribution in [0.3, 0.4) is 0 Å². The third kappa shape index (κ3) is 0.812. The van der Waals surface area contributed by atoms with Crippen molar-refractivity contribution >= 4 is 17.2 Å². The van der Waals surface area contributed by atoms with Crippen LogP contribution in [0.25, 0.3) is 10.9 Å². The number of carbonyl (C=O) groups is 1. The van der Waals surface area contributed by atoms with Gasteiger partial charge in [0.05, 0.1) is 0 Å². The Balaban J connectivity index is 2.91. The molecule has 0 fully saturated rings. The summed E-state index contributed by atoms with van der Waals surface area (Å²) in [6.07, 6.45) is 0.540. The van der Waals surface area contributed by atoms with Gasteiger partial charge >= 0.3 is 0 Å². The van der Waals surface area contributed by atoms with E-state index in [4.69, 9.17) is 0 Å². The van der Waals surface area contributed by atoms with E-state index in [-0.39, 0.29) is 10.6 Å². The maximum Gasteiger partial charge on any atom is 0.171 e. The molecule has 0 atom stereocenters. The highest BCUT2D eigenvalue weighted by Crippen LogP contribution is 2.16. The summed E-state index contributed by atoms with van der Waals surface area (Å²) in [6.45, 7) is 0. The molecule has 0 bridgehead atoms. The Bertz CT molecular complexity index is 436. The molecule has 1 aromatic heterocycles. The first-order valence-corrected chi connectivity index (χ1v) is 3.42. The third-order valence-electron chi connectivity index (χ3n) is 1.69. The second-order valence-electron chi connectivity index (χ2n) is 2.38. The van der Waals surface area contributed by atoms with E-state index < -0.39 is 0 Å². The minimum atomic E-state index is 0.133. The van der Waals surface area contributed by atoms with Crippen LogP contribution in [0.5, 0.6) is 0 Å². The summed E-state index contributed by atoms with van der Waals surface area (Å²) < 4.78 is 12.8. The molecule has 4 heteroatoms. The lowest BCUT2D eigenvalue weighted by atomic mass is 10.2. The molecule has 1 heterocycles. The number of carbonyl (C=O) groups excluding carboxylic acids is 1. The Morgan fingerprint density at radius 2 is 2.17 bits per heavy atom. The van der Waals surface area contributed by atoms with E-state index in [2.05, 4.69) is 5.10 Å². The molecule has 0 aliphatic heterocycles. The molecule has 12 heavy (non-hydrogen) atoms. The van der Waals surface area contributed by atoms with Gasteiger partial charge in [-0.3, -0.25) is 4.79 Å². The number of para-hydroxylation sites is 1.